The average Bonchev–Trinajstić information content (AvgIpc) is 2.78. The fourth-order valence-corrected chi connectivity index (χ4v) is 3.04. The van der Waals surface area contributed by atoms with Crippen LogP contribution in [0.3, 0.4) is 0 Å². The van der Waals surface area contributed by atoms with Crippen molar-refractivity contribution in [3.05, 3.63) is 17.9 Å². The van der Waals surface area contributed by atoms with Crippen molar-refractivity contribution in [3.8, 4) is 0 Å². The molecule has 0 aliphatic carbocycles. The highest BCUT2D eigenvalue weighted by Crippen LogP contribution is 2.22. The summed E-state index contributed by atoms with van der Waals surface area (Å²) < 4.78 is 33.9. The van der Waals surface area contributed by atoms with Crippen LogP contribution < -0.4 is 0 Å². The molecule has 1 rings (SSSR count). The third-order valence-electron chi connectivity index (χ3n) is 2.48. The van der Waals surface area contributed by atoms with E-state index in [1.54, 1.807) is 13.0 Å². The van der Waals surface area contributed by atoms with Gasteiger partial charge in [0.15, 0.2) is 5.25 Å². The highest BCUT2D eigenvalue weighted by molar-refractivity contribution is 7.92. The fraction of sp³-hybridized carbons (Fsp3) is 0.545. The summed E-state index contributed by atoms with van der Waals surface area (Å²) in [7, 11) is -2.63. The van der Waals surface area contributed by atoms with E-state index in [0.717, 1.165) is 0 Å². The zero-order valence-corrected chi connectivity index (χ0v) is 10.9. The van der Waals surface area contributed by atoms with E-state index in [9.17, 15) is 13.2 Å². The Hall–Kier alpha value is -1.30. The number of furan rings is 1. The van der Waals surface area contributed by atoms with Crippen molar-refractivity contribution in [2.45, 2.75) is 37.0 Å². The summed E-state index contributed by atoms with van der Waals surface area (Å²) in [5.41, 5.74) is 0. The van der Waals surface area contributed by atoms with Gasteiger partial charge in [-0.25, -0.2) is 8.42 Å². The van der Waals surface area contributed by atoms with Crippen LogP contribution in [-0.4, -0.2) is 26.7 Å². The van der Waals surface area contributed by atoms with Gasteiger partial charge in [-0.15, -0.1) is 0 Å². The Morgan fingerprint density at radius 3 is 2.47 bits per heavy atom. The van der Waals surface area contributed by atoms with E-state index >= 15 is 0 Å². The van der Waals surface area contributed by atoms with E-state index in [0.29, 0.717) is 12.2 Å². The molecule has 17 heavy (non-hydrogen) atoms. The molecule has 1 atom stereocenters. The molecule has 6 heteroatoms. The number of carbonyl (C=O) groups excluding carboxylic acids is 1. The van der Waals surface area contributed by atoms with Crippen LogP contribution in [0.25, 0.3) is 0 Å². The highest BCUT2D eigenvalue weighted by Gasteiger charge is 2.35. The molecule has 96 valence electrons. The molecule has 1 heterocycles. The van der Waals surface area contributed by atoms with Gasteiger partial charge in [-0.3, -0.25) is 4.79 Å². The molecule has 1 aromatic rings. The van der Waals surface area contributed by atoms with Crippen molar-refractivity contribution in [2.75, 3.05) is 7.11 Å². The molecule has 1 aromatic heterocycles. The molecular formula is C11H16O5S. The van der Waals surface area contributed by atoms with Crippen LogP contribution in [0.15, 0.2) is 21.6 Å². The Balaban J connectivity index is 3.12. The maximum atomic E-state index is 12.1. The number of aryl methyl sites for hydroxylation is 1. The average molecular weight is 260 g/mol. The second-order valence-corrected chi connectivity index (χ2v) is 5.60. The highest BCUT2D eigenvalue weighted by atomic mass is 32.2. The summed E-state index contributed by atoms with van der Waals surface area (Å²) in [6.07, 6.45) is 0.752. The van der Waals surface area contributed by atoms with Crippen LogP contribution >= 0.6 is 0 Å². The minimum absolute atomic E-state index is 0.150. The van der Waals surface area contributed by atoms with E-state index in [1.165, 1.54) is 13.2 Å². The Bertz CT molecular complexity index is 486. The molecule has 1 unspecified atom stereocenters. The van der Waals surface area contributed by atoms with Crippen LogP contribution in [0.2, 0.25) is 0 Å². The van der Waals surface area contributed by atoms with Gasteiger partial charge < -0.3 is 9.15 Å². The van der Waals surface area contributed by atoms with Gasteiger partial charge in [0.1, 0.15) is 5.76 Å². The van der Waals surface area contributed by atoms with Crippen molar-refractivity contribution in [3.63, 3.8) is 0 Å². The lowest BCUT2D eigenvalue weighted by Gasteiger charge is -2.11. The van der Waals surface area contributed by atoms with Gasteiger partial charge in [-0.1, -0.05) is 13.8 Å². The van der Waals surface area contributed by atoms with Crippen LogP contribution in [0.1, 0.15) is 26.0 Å². The van der Waals surface area contributed by atoms with Crippen LogP contribution in [0.4, 0.5) is 0 Å². The minimum Gasteiger partial charge on any atom is -0.468 e. The minimum atomic E-state index is -3.79. The van der Waals surface area contributed by atoms with Gasteiger partial charge in [0, 0.05) is 6.42 Å². The van der Waals surface area contributed by atoms with E-state index in [1.807, 2.05) is 6.92 Å². The van der Waals surface area contributed by atoms with Gasteiger partial charge in [-0.05, 0) is 18.6 Å². The zero-order chi connectivity index (χ0) is 13.1. The Morgan fingerprint density at radius 1 is 1.41 bits per heavy atom. The second kappa shape index (κ2) is 5.35. The number of rotatable bonds is 5. The quantitative estimate of drug-likeness (QED) is 0.751. The summed E-state index contributed by atoms with van der Waals surface area (Å²) in [6.45, 7) is 3.47. The first-order chi connectivity index (χ1) is 7.97. The van der Waals surface area contributed by atoms with E-state index in [2.05, 4.69) is 4.74 Å². The van der Waals surface area contributed by atoms with E-state index < -0.39 is 21.1 Å². The predicted octanol–water partition coefficient (Wildman–Crippen LogP) is 1.57. The molecule has 0 aromatic carbocycles. The van der Waals surface area contributed by atoms with Gasteiger partial charge in [-0.2, -0.15) is 0 Å². The monoisotopic (exact) mass is 260 g/mol. The fourth-order valence-electron chi connectivity index (χ4n) is 1.49. The number of methoxy groups -OCH3 is 1. The summed E-state index contributed by atoms with van der Waals surface area (Å²) >= 11 is 0. The molecule has 0 radical (unpaired) electrons. The lowest BCUT2D eigenvalue weighted by atomic mass is 10.3. The van der Waals surface area contributed by atoms with Crippen molar-refractivity contribution < 1.29 is 22.4 Å². The first kappa shape index (κ1) is 13.8. The number of ether oxygens (including phenoxy) is 1. The largest absolute Gasteiger partial charge is 0.468 e. The number of carbonyl (C=O) groups is 1. The zero-order valence-electron chi connectivity index (χ0n) is 10.1. The smallest absolute Gasteiger partial charge is 0.324 e. The van der Waals surface area contributed by atoms with Gasteiger partial charge >= 0.3 is 5.97 Å². The molecular weight excluding hydrogens is 244 g/mol. The van der Waals surface area contributed by atoms with Gasteiger partial charge in [0.25, 0.3) is 0 Å². The lowest BCUT2D eigenvalue weighted by molar-refractivity contribution is -0.140. The van der Waals surface area contributed by atoms with Crippen LogP contribution in [-0.2, 0) is 25.8 Å². The van der Waals surface area contributed by atoms with Crippen molar-refractivity contribution in [1.29, 1.82) is 0 Å². The molecule has 0 saturated heterocycles. The third kappa shape index (κ3) is 2.69. The maximum absolute atomic E-state index is 12.1. The topological polar surface area (TPSA) is 73.6 Å². The third-order valence-corrected chi connectivity index (χ3v) is 4.53. The molecule has 5 nitrogen and oxygen atoms in total. The van der Waals surface area contributed by atoms with Crippen molar-refractivity contribution in [2.24, 2.45) is 0 Å². The molecule has 0 spiro atoms. The number of esters is 1. The SMILES string of the molecule is CCc1ccc(S(=O)(=O)C(CC)C(=O)OC)o1. The van der Waals surface area contributed by atoms with Gasteiger partial charge in [0.2, 0.25) is 14.9 Å². The van der Waals surface area contributed by atoms with Crippen molar-refractivity contribution >= 4 is 15.8 Å². The normalized spacial score (nSPS) is 13.4. The molecule has 0 fully saturated rings. The molecule has 0 saturated carbocycles. The summed E-state index contributed by atoms with van der Waals surface area (Å²) in [5, 5.41) is -1.38. The first-order valence-electron chi connectivity index (χ1n) is 5.37. The summed E-state index contributed by atoms with van der Waals surface area (Å²) in [4.78, 5) is 11.4. The number of hydrogen-bond acceptors (Lipinski definition) is 5. The van der Waals surface area contributed by atoms with Crippen LogP contribution in [0.5, 0.6) is 0 Å². The number of sulfone groups is 1. The predicted molar refractivity (Wildman–Crippen MR) is 61.4 cm³/mol. The molecule has 0 amide bonds. The Morgan fingerprint density at radius 2 is 2.06 bits per heavy atom. The Kier molecular flexibility index (Phi) is 4.34. The molecule has 0 N–H and O–H groups in total. The maximum Gasteiger partial charge on any atom is 0.324 e. The first-order valence-corrected chi connectivity index (χ1v) is 6.92. The second-order valence-electron chi connectivity index (χ2n) is 3.54. The van der Waals surface area contributed by atoms with E-state index in [-0.39, 0.29) is 11.5 Å². The standard InChI is InChI=1S/C11H16O5S/c1-4-8-6-7-10(16-8)17(13,14)9(5-2)11(12)15-3/h6-7,9H,4-5H2,1-3H3. The molecule has 0 bridgehead atoms. The molecule has 0 aliphatic rings. The summed E-state index contributed by atoms with van der Waals surface area (Å²) in [6, 6.07) is 2.97. The Labute approximate surface area is 101 Å². The molecule has 0 aliphatic heterocycles. The van der Waals surface area contributed by atoms with Gasteiger partial charge in [0.05, 0.1) is 7.11 Å². The van der Waals surface area contributed by atoms with Crippen molar-refractivity contribution in [1.82, 2.24) is 0 Å². The van der Waals surface area contributed by atoms with Crippen LogP contribution in [0, 0.1) is 0 Å². The van der Waals surface area contributed by atoms with E-state index in [4.69, 9.17) is 4.42 Å². The summed E-state index contributed by atoms with van der Waals surface area (Å²) in [5.74, 6) is -0.190. The lowest BCUT2D eigenvalue weighted by Crippen LogP contribution is -2.30. The number of hydrogen-bond donors (Lipinski definition) is 0.